The lowest BCUT2D eigenvalue weighted by Gasteiger charge is -2.26. The molecule has 3 aliphatic rings. The zero-order valence-electron chi connectivity index (χ0n) is 15.1. The first-order chi connectivity index (χ1) is 13.3. The smallest absolute Gasteiger partial charge is 0.341 e. The molecule has 2 aliphatic carbocycles. The second kappa shape index (κ2) is 7.05. The van der Waals surface area contributed by atoms with E-state index in [1.165, 1.54) is 12.3 Å². The van der Waals surface area contributed by atoms with Crippen molar-refractivity contribution < 1.29 is 19.1 Å². The number of hydrogen-bond acceptors (Lipinski definition) is 5. The first-order valence-corrected chi connectivity index (χ1v) is 9.81. The van der Waals surface area contributed by atoms with Crippen LogP contribution < -0.4 is 0 Å². The van der Waals surface area contributed by atoms with Gasteiger partial charge in [-0.15, -0.1) is 0 Å². The highest BCUT2D eigenvalue weighted by atomic mass is 35.5. The van der Waals surface area contributed by atoms with Crippen molar-refractivity contribution in [3.63, 3.8) is 0 Å². The van der Waals surface area contributed by atoms with E-state index in [-0.39, 0.29) is 45.6 Å². The van der Waals surface area contributed by atoms with Gasteiger partial charge in [-0.25, -0.2) is 14.6 Å². The molecule has 0 radical (unpaired) electrons. The summed E-state index contributed by atoms with van der Waals surface area (Å²) in [5.41, 5.74) is 2.44. The van der Waals surface area contributed by atoms with Gasteiger partial charge in [0.15, 0.2) is 0 Å². The number of esters is 2. The normalized spacial score (nSPS) is 31.9. The summed E-state index contributed by atoms with van der Waals surface area (Å²) < 4.78 is 11.3. The number of pyridine rings is 1. The van der Waals surface area contributed by atoms with Crippen molar-refractivity contribution >= 4 is 35.1 Å². The van der Waals surface area contributed by atoms with Crippen molar-refractivity contribution in [2.75, 3.05) is 0 Å². The Labute approximate surface area is 173 Å². The van der Waals surface area contributed by atoms with E-state index >= 15 is 0 Å². The van der Waals surface area contributed by atoms with Gasteiger partial charge in [0.2, 0.25) is 0 Å². The minimum atomic E-state index is -0.591. The quantitative estimate of drug-likeness (QED) is 0.304. The number of ether oxygens (including phenoxy) is 2. The summed E-state index contributed by atoms with van der Waals surface area (Å²) >= 11 is 11.9. The van der Waals surface area contributed by atoms with E-state index in [1.54, 1.807) is 0 Å². The van der Waals surface area contributed by atoms with Gasteiger partial charge in [0.05, 0.1) is 10.6 Å². The predicted octanol–water partition coefficient (Wildman–Crippen LogP) is 4.55. The number of fused-ring (bicyclic) bond motifs is 3. The molecule has 0 N–H and O–H groups in total. The summed E-state index contributed by atoms with van der Waals surface area (Å²) in [6.07, 6.45) is 2.56. The van der Waals surface area contributed by atoms with E-state index in [9.17, 15) is 9.59 Å². The van der Waals surface area contributed by atoms with E-state index in [1.807, 2.05) is 0 Å². The molecule has 7 heteroatoms. The lowest BCUT2D eigenvalue weighted by molar-refractivity contribution is -0.141. The van der Waals surface area contributed by atoms with Crippen LogP contribution in [0.25, 0.3) is 0 Å². The molecule has 28 heavy (non-hydrogen) atoms. The molecule has 0 spiro atoms. The first-order valence-electron chi connectivity index (χ1n) is 9.06. The van der Waals surface area contributed by atoms with E-state index in [0.29, 0.717) is 12.0 Å². The van der Waals surface area contributed by atoms with Gasteiger partial charge in [-0.2, -0.15) is 0 Å². The Morgan fingerprint density at radius 2 is 2.00 bits per heavy atom. The molecule has 1 aromatic heterocycles. The molecular formula is C21H19Cl2NO4. The number of halogens is 2. The standard InChI is InChI=1S/C21H19Cl2NO4/c1-9-4-5-12-10(2)20(25)28-19(12)18-11(3)16(6-13(9)18)27-21(26)14-8-24-17(23)7-15(14)22/h7-8,12-13,16,18-19H,1-6H2/t12-,13-,16+,18-,19-/m0/s1. The Bertz CT molecular complexity index is 925. The number of hydrogen-bond donors (Lipinski definition) is 0. The molecular weight excluding hydrogens is 401 g/mol. The molecule has 0 unspecified atom stereocenters. The van der Waals surface area contributed by atoms with Crippen LogP contribution in [-0.2, 0) is 14.3 Å². The highest BCUT2D eigenvalue weighted by Gasteiger charge is 2.53. The summed E-state index contributed by atoms with van der Waals surface area (Å²) in [4.78, 5) is 28.5. The topological polar surface area (TPSA) is 65.5 Å². The van der Waals surface area contributed by atoms with Crippen LogP contribution in [0.3, 0.4) is 0 Å². The van der Waals surface area contributed by atoms with E-state index in [2.05, 4.69) is 24.7 Å². The Morgan fingerprint density at radius 1 is 1.25 bits per heavy atom. The summed E-state index contributed by atoms with van der Waals surface area (Å²) in [6, 6.07) is 1.39. The molecule has 1 saturated heterocycles. The van der Waals surface area contributed by atoms with Gasteiger partial charge < -0.3 is 9.47 Å². The van der Waals surface area contributed by atoms with Crippen LogP contribution in [0.1, 0.15) is 29.6 Å². The molecule has 2 heterocycles. The van der Waals surface area contributed by atoms with Gasteiger partial charge in [0, 0.05) is 23.6 Å². The van der Waals surface area contributed by atoms with Crippen molar-refractivity contribution in [2.45, 2.75) is 31.5 Å². The molecule has 0 aromatic carbocycles. The maximum absolute atomic E-state index is 12.6. The summed E-state index contributed by atoms with van der Waals surface area (Å²) in [5, 5.41) is 0.369. The molecule has 1 aromatic rings. The molecule has 3 fully saturated rings. The summed E-state index contributed by atoms with van der Waals surface area (Å²) in [5.74, 6) is -1.10. The minimum Gasteiger partial charge on any atom is -0.458 e. The number of allylic oxidation sites excluding steroid dienone is 1. The average molecular weight is 420 g/mol. The fourth-order valence-electron chi connectivity index (χ4n) is 4.56. The van der Waals surface area contributed by atoms with Crippen LogP contribution in [0, 0.1) is 17.8 Å². The van der Waals surface area contributed by atoms with E-state index in [4.69, 9.17) is 32.7 Å². The third kappa shape index (κ3) is 3.07. The first kappa shape index (κ1) is 19.2. The Morgan fingerprint density at radius 3 is 2.71 bits per heavy atom. The van der Waals surface area contributed by atoms with Gasteiger partial charge in [0.25, 0.3) is 0 Å². The van der Waals surface area contributed by atoms with Crippen molar-refractivity contribution in [3.8, 4) is 0 Å². The van der Waals surface area contributed by atoms with Crippen molar-refractivity contribution in [1.29, 1.82) is 0 Å². The Kier molecular flexibility index (Phi) is 4.84. The van der Waals surface area contributed by atoms with Gasteiger partial charge in [-0.1, -0.05) is 48.5 Å². The van der Waals surface area contributed by atoms with Gasteiger partial charge in [-0.05, 0) is 36.8 Å². The largest absolute Gasteiger partial charge is 0.458 e. The van der Waals surface area contributed by atoms with Crippen molar-refractivity contribution in [1.82, 2.24) is 4.98 Å². The third-order valence-corrected chi connectivity index (χ3v) is 6.56. The Hall–Kier alpha value is -2.11. The maximum atomic E-state index is 12.6. The second-order valence-corrected chi connectivity index (χ2v) is 8.32. The highest BCUT2D eigenvalue weighted by Crippen LogP contribution is 2.52. The molecule has 146 valence electrons. The number of carbonyl (C=O) groups is 2. The summed E-state index contributed by atoms with van der Waals surface area (Å²) in [7, 11) is 0. The highest BCUT2D eigenvalue weighted by molar-refractivity contribution is 6.36. The lowest BCUT2D eigenvalue weighted by Crippen LogP contribution is -2.29. The lowest BCUT2D eigenvalue weighted by atomic mass is 9.82. The fourth-order valence-corrected chi connectivity index (χ4v) is 5.00. The molecule has 5 atom stereocenters. The third-order valence-electron chi connectivity index (χ3n) is 6.04. The van der Waals surface area contributed by atoms with Crippen LogP contribution in [0.4, 0.5) is 0 Å². The van der Waals surface area contributed by atoms with Crippen LogP contribution in [0.15, 0.2) is 48.7 Å². The average Bonchev–Trinajstić information content (AvgIpc) is 3.05. The number of rotatable bonds is 2. The van der Waals surface area contributed by atoms with Crippen molar-refractivity contribution in [2.24, 2.45) is 17.8 Å². The van der Waals surface area contributed by atoms with Crippen molar-refractivity contribution in [3.05, 3.63) is 64.5 Å². The van der Waals surface area contributed by atoms with Crippen LogP contribution in [0.5, 0.6) is 0 Å². The maximum Gasteiger partial charge on any atom is 0.341 e. The molecule has 1 aliphatic heterocycles. The minimum absolute atomic E-state index is 0.0396. The van der Waals surface area contributed by atoms with Gasteiger partial charge in [-0.3, -0.25) is 0 Å². The fraction of sp³-hybridized carbons (Fsp3) is 0.381. The SMILES string of the molecule is C=C1[C@@H]2[C@H]3OC(=O)C(=C)[C@@H]3CCC(=C)[C@@H]2C[C@H]1OC(=O)c1cnc(Cl)cc1Cl. The van der Waals surface area contributed by atoms with Crippen LogP contribution >= 0.6 is 23.2 Å². The monoisotopic (exact) mass is 419 g/mol. The zero-order chi connectivity index (χ0) is 20.2. The number of carbonyl (C=O) groups excluding carboxylic acids is 2. The Balaban J connectivity index is 1.58. The molecule has 0 amide bonds. The number of aromatic nitrogens is 1. The number of nitrogens with zero attached hydrogens (tertiary/aromatic N) is 1. The van der Waals surface area contributed by atoms with Gasteiger partial charge in [0.1, 0.15) is 17.4 Å². The second-order valence-electron chi connectivity index (χ2n) is 7.52. The molecule has 2 saturated carbocycles. The zero-order valence-corrected chi connectivity index (χ0v) is 16.6. The molecule has 4 rings (SSSR count). The molecule has 0 bridgehead atoms. The van der Waals surface area contributed by atoms with E-state index < -0.39 is 12.1 Å². The van der Waals surface area contributed by atoms with Crippen LogP contribution in [0.2, 0.25) is 10.2 Å². The van der Waals surface area contributed by atoms with Crippen LogP contribution in [-0.4, -0.2) is 29.1 Å². The predicted molar refractivity (Wildman–Crippen MR) is 105 cm³/mol. The van der Waals surface area contributed by atoms with E-state index in [0.717, 1.165) is 24.0 Å². The molecule has 5 nitrogen and oxygen atoms in total. The van der Waals surface area contributed by atoms with Gasteiger partial charge >= 0.3 is 11.9 Å². The summed E-state index contributed by atoms with van der Waals surface area (Å²) in [6.45, 7) is 12.3.